The van der Waals surface area contributed by atoms with Crippen molar-refractivity contribution in [1.29, 1.82) is 0 Å². The fourth-order valence-electron chi connectivity index (χ4n) is 1.61. The van der Waals surface area contributed by atoms with Crippen molar-refractivity contribution in [3.8, 4) is 0 Å². The van der Waals surface area contributed by atoms with Crippen LogP contribution < -0.4 is 11.1 Å². The van der Waals surface area contributed by atoms with Crippen LogP contribution in [0.15, 0.2) is 34.1 Å². The van der Waals surface area contributed by atoms with Gasteiger partial charge < -0.3 is 11.1 Å². The number of primary amides is 1. The van der Waals surface area contributed by atoms with Gasteiger partial charge in [0.1, 0.15) is 0 Å². The number of hydrogen-bond acceptors (Lipinski definition) is 3. The number of nitrogens with two attached hydrogens (primary N) is 1. The van der Waals surface area contributed by atoms with Gasteiger partial charge in [-0.15, -0.1) is 11.3 Å². The summed E-state index contributed by atoms with van der Waals surface area (Å²) in [6.45, 7) is 1.41. The van der Waals surface area contributed by atoms with Crippen LogP contribution in [0.2, 0.25) is 5.02 Å². The van der Waals surface area contributed by atoms with Gasteiger partial charge in [-0.3, -0.25) is 4.79 Å². The molecule has 3 nitrogen and oxygen atoms in total. The van der Waals surface area contributed by atoms with Crippen LogP contribution in [0.25, 0.3) is 0 Å². The standard InChI is InChI=1S/C13H12BrClN2OS/c14-10-3-4-19-12(10)7-17-6-9-2-1-8(13(16)18)5-11(9)15/h1-5,17H,6-7H2,(H2,16,18). The summed E-state index contributed by atoms with van der Waals surface area (Å²) < 4.78 is 1.11. The molecule has 1 aromatic heterocycles. The smallest absolute Gasteiger partial charge is 0.248 e. The number of carbonyl (C=O) groups is 1. The molecule has 0 atom stereocenters. The average molecular weight is 360 g/mol. The van der Waals surface area contributed by atoms with E-state index in [-0.39, 0.29) is 0 Å². The van der Waals surface area contributed by atoms with Gasteiger partial charge in [0.15, 0.2) is 0 Å². The van der Waals surface area contributed by atoms with Crippen molar-refractivity contribution in [3.63, 3.8) is 0 Å². The lowest BCUT2D eigenvalue weighted by Crippen LogP contribution is -2.14. The molecule has 0 bridgehead atoms. The van der Waals surface area contributed by atoms with Crippen LogP contribution in [-0.4, -0.2) is 5.91 Å². The number of rotatable bonds is 5. The lowest BCUT2D eigenvalue weighted by Gasteiger charge is -2.07. The Bertz CT molecular complexity index is 600. The maximum Gasteiger partial charge on any atom is 0.248 e. The Morgan fingerprint density at radius 1 is 1.37 bits per heavy atom. The highest BCUT2D eigenvalue weighted by molar-refractivity contribution is 9.10. The van der Waals surface area contributed by atoms with Crippen molar-refractivity contribution in [1.82, 2.24) is 5.32 Å². The van der Waals surface area contributed by atoms with Crippen molar-refractivity contribution >= 4 is 44.8 Å². The molecule has 0 saturated heterocycles. The number of benzene rings is 1. The summed E-state index contributed by atoms with van der Waals surface area (Å²) >= 11 is 11.3. The summed E-state index contributed by atoms with van der Waals surface area (Å²) in [6.07, 6.45) is 0. The van der Waals surface area contributed by atoms with Gasteiger partial charge in [-0.05, 0) is 45.1 Å². The molecular formula is C13H12BrClN2OS. The lowest BCUT2D eigenvalue weighted by molar-refractivity contribution is 0.100. The van der Waals surface area contributed by atoms with Crippen LogP contribution in [0.1, 0.15) is 20.8 Å². The molecule has 2 rings (SSSR count). The minimum Gasteiger partial charge on any atom is -0.366 e. The van der Waals surface area contributed by atoms with E-state index < -0.39 is 5.91 Å². The molecule has 0 unspecified atom stereocenters. The van der Waals surface area contributed by atoms with Crippen LogP contribution in [-0.2, 0) is 13.1 Å². The Morgan fingerprint density at radius 3 is 2.74 bits per heavy atom. The quantitative estimate of drug-likeness (QED) is 0.857. The molecule has 1 heterocycles. The third kappa shape index (κ3) is 3.79. The maximum absolute atomic E-state index is 11.0. The second-order valence-corrected chi connectivity index (χ2v) is 6.23. The first-order valence-corrected chi connectivity index (χ1v) is 7.64. The molecule has 2 aromatic rings. The zero-order valence-corrected chi connectivity index (χ0v) is 13.1. The van der Waals surface area contributed by atoms with Gasteiger partial charge in [0, 0.05) is 33.0 Å². The van der Waals surface area contributed by atoms with Crippen LogP contribution in [0.5, 0.6) is 0 Å². The minimum atomic E-state index is -0.469. The molecule has 6 heteroatoms. The molecule has 3 N–H and O–H groups in total. The zero-order valence-electron chi connectivity index (χ0n) is 9.95. The highest BCUT2D eigenvalue weighted by Crippen LogP contribution is 2.23. The first kappa shape index (κ1) is 14.5. The second-order valence-electron chi connectivity index (χ2n) is 3.97. The lowest BCUT2D eigenvalue weighted by atomic mass is 10.1. The van der Waals surface area contributed by atoms with Crippen molar-refractivity contribution in [2.45, 2.75) is 13.1 Å². The Hall–Kier alpha value is -0.880. The normalized spacial score (nSPS) is 10.6. The van der Waals surface area contributed by atoms with Gasteiger partial charge >= 0.3 is 0 Å². The number of hydrogen-bond donors (Lipinski definition) is 2. The number of nitrogens with one attached hydrogen (secondary N) is 1. The predicted molar refractivity (Wildman–Crippen MR) is 82.5 cm³/mol. The van der Waals surface area contributed by atoms with Gasteiger partial charge in [-0.2, -0.15) is 0 Å². The van der Waals surface area contributed by atoms with E-state index in [1.54, 1.807) is 23.5 Å². The summed E-state index contributed by atoms with van der Waals surface area (Å²) in [5.41, 5.74) is 6.57. The molecule has 0 saturated carbocycles. The van der Waals surface area contributed by atoms with Gasteiger partial charge in [-0.25, -0.2) is 0 Å². The third-order valence-electron chi connectivity index (χ3n) is 2.63. The first-order chi connectivity index (χ1) is 9.08. The van der Waals surface area contributed by atoms with Gasteiger partial charge in [0.2, 0.25) is 5.91 Å². The minimum absolute atomic E-state index is 0.426. The number of thiophene rings is 1. The number of carbonyl (C=O) groups excluding carboxylic acids is 1. The molecule has 0 spiro atoms. The Labute approximate surface area is 128 Å². The average Bonchev–Trinajstić information content (AvgIpc) is 2.77. The number of halogens is 2. The molecule has 0 fully saturated rings. The highest BCUT2D eigenvalue weighted by atomic mass is 79.9. The van der Waals surface area contributed by atoms with Gasteiger partial charge in [-0.1, -0.05) is 17.7 Å². The summed E-state index contributed by atoms with van der Waals surface area (Å²) in [5, 5.41) is 5.90. The Kier molecular flexibility index (Phi) is 4.99. The number of amides is 1. The van der Waals surface area contributed by atoms with Crippen LogP contribution in [0.4, 0.5) is 0 Å². The molecule has 100 valence electrons. The van der Waals surface area contributed by atoms with E-state index in [1.165, 1.54) is 4.88 Å². The fourth-order valence-corrected chi connectivity index (χ4v) is 3.32. The largest absolute Gasteiger partial charge is 0.366 e. The highest BCUT2D eigenvalue weighted by Gasteiger charge is 2.06. The van der Waals surface area contributed by atoms with E-state index in [0.29, 0.717) is 17.1 Å². The summed E-state index contributed by atoms with van der Waals surface area (Å²) in [4.78, 5) is 12.3. The topological polar surface area (TPSA) is 55.1 Å². The summed E-state index contributed by atoms with van der Waals surface area (Å²) in [5.74, 6) is -0.469. The van der Waals surface area contributed by atoms with E-state index >= 15 is 0 Å². The summed E-state index contributed by atoms with van der Waals surface area (Å²) in [7, 11) is 0. The summed E-state index contributed by atoms with van der Waals surface area (Å²) in [6, 6.07) is 7.13. The SMILES string of the molecule is NC(=O)c1ccc(CNCc2sccc2Br)c(Cl)c1. The van der Waals surface area contributed by atoms with Gasteiger partial charge in [0.25, 0.3) is 0 Å². The fraction of sp³-hybridized carbons (Fsp3) is 0.154. The van der Waals surface area contributed by atoms with Crippen LogP contribution in [0, 0.1) is 0 Å². The van der Waals surface area contributed by atoms with Gasteiger partial charge in [0.05, 0.1) is 0 Å². The Balaban J connectivity index is 1.96. The van der Waals surface area contributed by atoms with Crippen molar-refractivity contribution in [3.05, 3.63) is 55.1 Å². The second kappa shape index (κ2) is 6.52. The molecular weight excluding hydrogens is 348 g/mol. The predicted octanol–water partition coefficient (Wildman–Crippen LogP) is 3.55. The van der Waals surface area contributed by atoms with Crippen LogP contribution >= 0.6 is 38.9 Å². The first-order valence-electron chi connectivity index (χ1n) is 5.58. The molecule has 0 aliphatic rings. The van der Waals surface area contributed by atoms with E-state index in [1.807, 2.05) is 17.5 Å². The molecule has 0 radical (unpaired) electrons. The third-order valence-corrected chi connectivity index (χ3v) is 4.91. The molecule has 19 heavy (non-hydrogen) atoms. The van der Waals surface area contributed by atoms with E-state index in [4.69, 9.17) is 17.3 Å². The van der Waals surface area contributed by atoms with E-state index in [0.717, 1.165) is 16.6 Å². The van der Waals surface area contributed by atoms with Crippen molar-refractivity contribution in [2.75, 3.05) is 0 Å². The molecule has 0 aliphatic carbocycles. The molecule has 1 amide bonds. The molecule has 1 aromatic carbocycles. The maximum atomic E-state index is 11.0. The Morgan fingerprint density at radius 2 is 2.16 bits per heavy atom. The van der Waals surface area contributed by atoms with Crippen molar-refractivity contribution < 1.29 is 4.79 Å². The van der Waals surface area contributed by atoms with E-state index in [2.05, 4.69) is 21.2 Å². The van der Waals surface area contributed by atoms with E-state index in [9.17, 15) is 4.79 Å². The van der Waals surface area contributed by atoms with Crippen molar-refractivity contribution in [2.24, 2.45) is 5.73 Å². The monoisotopic (exact) mass is 358 g/mol. The molecule has 0 aliphatic heterocycles. The van der Waals surface area contributed by atoms with Crippen LogP contribution in [0.3, 0.4) is 0 Å². The zero-order chi connectivity index (χ0) is 13.8.